The smallest absolute Gasteiger partial charge is 0.410 e. The van der Waals surface area contributed by atoms with Gasteiger partial charge in [-0.3, -0.25) is 15.6 Å². The van der Waals surface area contributed by atoms with Crippen LogP contribution in [0.25, 0.3) is 0 Å². The normalized spacial score (nSPS) is 39.9. The molecule has 9 heteroatoms. The van der Waals surface area contributed by atoms with E-state index in [0.29, 0.717) is 23.9 Å². The monoisotopic (exact) mass is 422 g/mol. The summed E-state index contributed by atoms with van der Waals surface area (Å²) in [5.41, 5.74) is 6.65. The third kappa shape index (κ3) is 4.61. The van der Waals surface area contributed by atoms with E-state index in [-0.39, 0.29) is 24.1 Å². The van der Waals surface area contributed by atoms with Crippen LogP contribution < -0.4 is 21.5 Å². The second-order valence-electron chi connectivity index (χ2n) is 10.2. The number of hydroxylamine groups is 1. The van der Waals surface area contributed by atoms with Crippen molar-refractivity contribution in [3.8, 4) is 0 Å². The summed E-state index contributed by atoms with van der Waals surface area (Å²) in [5, 5.41) is 9.62. The minimum atomic E-state index is -0.195. The number of nitrogens with one attached hydrogen (secondary N) is 4. The fourth-order valence-corrected chi connectivity index (χ4v) is 5.42. The number of carbonyl (C=O) groups is 1. The molecule has 5 fully saturated rings. The zero-order valence-electron chi connectivity index (χ0n) is 18.4. The SMILES string of the molecule is CN1CCC(C2CC(C3NC(C4CCN(C(=O)OC5(C)CC5)CC4)NO3)CCN2)N1. The molecule has 5 aliphatic rings. The third-order valence-electron chi connectivity index (χ3n) is 7.78. The van der Waals surface area contributed by atoms with E-state index in [0.717, 1.165) is 64.7 Å². The lowest BCUT2D eigenvalue weighted by Gasteiger charge is -2.36. The Labute approximate surface area is 179 Å². The Morgan fingerprint density at radius 2 is 1.87 bits per heavy atom. The molecule has 5 unspecified atom stereocenters. The molecular weight excluding hydrogens is 384 g/mol. The Bertz CT molecular complexity index is 624. The van der Waals surface area contributed by atoms with Crippen LogP contribution in [-0.2, 0) is 9.57 Å². The number of piperidine rings is 2. The zero-order valence-corrected chi connectivity index (χ0v) is 18.4. The summed E-state index contributed by atoms with van der Waals surface area (Å²) in [6, 6.07) is 1.02. The first-order valence-electron chi connectivity index (χ1n) is 11.8. The van der Waals surface area contributed by atoms with Crippen LogP contribution in [0.4, 0.5) is 4.79 Å². The van der Waals surface area contributed by atoms with Crippen molar-refractivity contribution < 1.29 is 14.4 Å². The van der Waals surface area contributed by atoms with Gasteiger partial charge in [-0.1, -0.05) is 0 Å². The van der Waals surface area contributed by atoms with Crippen molar-refractivity contribution in [2.75, 3.05) is 33.2 Å². The number of carbonyl (C=O) groups excluding carboxylic acids is 1. The van der Waals surface area contributed by atoms with E-state index in [4.69, 9.17) is 9.57 Å². The summed E-state index contributed by atoms with van der Waals surface area (Å²) in [5.74, 6) is 0.981. The van der Waals surface area contributed by atoms with Gasteiger partial charge in [0, 0.05) is 44.7 Å². The van der Waals surface area contributed by atoms with Crippen molar-refractivity contribution >= 4 is 6.09 Å². The molecule has 0 aromatic carbocycles. The Hall–Kier alpha value is -0.970. The van der Waals surface area contributed by atoms with Gasteiger partial charge < -0.3 is 15.0 Å². The number of likely N-dealkylation sites (tertiary alicyclic amines) is 1. The average molecular weight is 423 g/mol. The summed E-state index contributed by atoms with van der Waals surface area (Å²) in [6.07, 6.45) is 7.48. The van der Waals surface area contributed by atoms with E-state index >= 15 is 0 Å². The minimum absolute atomic E-state index is 0.0662. The second kappa shape index (κ2) is 8.52. The van der Waals surface area contributed by atoms with Crippen molar-refractivity contribution in [1.82, 2.24) is 31.4 Å². The van der Waals surface area contributed by atoms with Gasteiger partial charge in [-0.05, 0) is 64.3 Å². The topological polar surface area (TPSA) is 90.1 Å². The maximum atomic E-state index is 12.3. The Morgan fingerprint density at radius 3 is 2.57 bits per heavy atom. The van der Waals surface area contributed by atoms with E-state index in [2.05, 4.69) is 33.6 Å². The van der Waals surface area contributed by atoms with Gasteiger partial charge in [0.25, 0.3) is 0 Å². The van der Waals surface area contributed by atoms with Gasteiger partial charge in [-0.15, -0.1) is 0 Å². The first kappa shape index (κ1) is 20.9. The van der Waals surface area contributed by atoms with Crippen molar-refractivity contribution in [2.45, 2.75) is 81.9 Å². The fraction of sp³-hybridized carbons (Fsp3) is 0.952. The molecule has 170 valence electrons. The second-order valence-corrected chi connectivity index (χ2v) is 10.2. The molecule has 1 aliphatic carbocycles. The number of nitrogens with zero attached hydrogens (tertiary/aromatic N) is 2. The lowest BCUT2D eigenvalue weighted by atomic mass is 9.86. The average Bonchev–Trinajstić information content (AvgIpc) is 3.13. The summed E-state index contributed by atoms with van der Waals surface area (Å²) < 4.78 is 5.62. The Balaban J connectivity index is 1.07. The van der Waals surface area contributed by atoms with Crippen LogP contribution in [0.3, 0.4) is 0 Å². The van der Waals surface area contributed by atoms with E-state index in [1.54, 1.807) is 0 Å². The highest BCUT2D eigenvalue weighted by atomic mass is 16.7. The molecule has 0 aromatic heterocycles. The van der Waals surface area contributed by atoms with Crippen LogP contribution in [0.5, 0.6) is 0 Å². The zero-order chi connectivity index (χ0) is 20.7. The van der Waals surface area contributed by atoms with Crippen molar-refractivity contribution in [1.29, 1.82) is 0 Å². The highest BCUT2D eigenvalue weighted by Crippen LogP contribution is 2.39. The van der Waals surface area contributed by atoms with E-state index < -0.39 is 0 Å². The summed E-state index contributed by atoms with van der Waals surface area (Å²) in [4.78, 5) is 20.2. The van der Waals surface area contributed by atoms with Gasteiger partial charge in [0.1, 0.15) is 11.8 Å². The molecule has 0 spiro atoms. The van der Waals surface area contributed by atoms with E-state index in [1.165, 1.54) is 6.42 Å². The van der Waals surface area contributed by atoms with Gasteiger partial charge >= 0.3 is 6.09 Å². The number of hydrogen-bond donors (Lipinski definition) is 4. The summed E-state index contributed by atoms with van der Waals surface area (Å²) in [7, 11) is 2.12. The lowest BCUT2D eigenvalue weighted by Crippen LogP contribution is -2.54. The fourth-order valence-electron chi connectivity index (χ4n) is 5.42. The molecule has 4 heterocycles. The standard InChI is InChI=1S/C21H38N6O3/c1-21(7-8-21)29-20(28)27-11-4-14(5-12-27)18-23-19(30-25-18)15-3-9-22-17(13-15)16-6-10-26(2)24-16/h14-19,22-25H,3-13H2,1-2H3. The molecule has 0 aromatic rings. The highest BCUT2D eigenvalue weighted by molar-refractivity contribution is 5.68. The largest absolute Gasteiger partial charge is 0.443 e. The maximum absolute atomic E-state index is 12.3. The summed E-state index contributed by atoms with van der Waals surface area (Å²) >= 11 is 0. The van der Waals surface area contributed by atoms with Crippen LogP contribution >= 0.6 is 0 Å². The molecule has 5 atom stereocenters. The van der Waals surface area contributed by atoms with E-state index in [9.17, 15) is 4.79 Å². The number of hydrogen-bond acceptors (Lipinski definition) is 8. The number of ether oxygens (including phenoxy) is 1. The highest BCUT2D eigenvalue weighted by Gasteiger charge is 2.44. The van der Waals surface area contributed by atoms with Crippen LogP contribution in [0.1, 0.15) is 51.9 Å². The number of hydrazine groups is 1. The van der Waals surface area contributed by atoms with E-state index in [1.807, 2.05) is 11.8 Å². The Morgan fingerprint density at radius 1 is 1.07 bits per heavy atom. The molecule has 5 rings (SSSR count). The lowest BCUT2D eigenvalue weighted by molar-refractivity contribution is -0.0272. The summed E-state index contributed by atoms with van der Waals surface area (Å²) in [6.45, 7) is 5.71. The predicted molar refractivity (Wildman–Crippen MR) is 112 cm³/mol. The number of rotatable bonds is 4. The molecule has 4 N–H and O–H groups in total. The van der Waals surface area contributed by atoms with Crippen molar-refractivity contribution in [3.63, 3.8) is 0 Å². The molecule has 1 amide bonds. The van der Waals surface area contributed by atoms with Gasteiger partial charge in [-0.2, -0.15) is 5.48 Å². The molecule has 9 nitrogen and oxygen atoms in total. The molecular formula is C21H38N6O3. The first-order chi connectivity index (χ1) is 14.5. The van der Waals surface area contributed by atoms with Gasteiger partial charge in [0.2, 0.25) is 0 Å². The van der Waals surface area contributed by atoms with Gasteiger partial charge in [0.15, 0.2) is 0 Å². The van der Waals surface area contributed by atoms with Gasteiger partial charge in [0.05, 0.1) is 6.17 Å². The van der Waals surface area contributed by atoms with Gasteiger partial charge in [-0.25, -0.2) is 9.80 Å². The quantitative estimate of drug-likeness (QED) is 0.528. The van der Waals surface area contributed by atoms with Crippen LogP contribution in [0.2, 0.25) is 0 Å². The van der Waals surface area contributed by atoms with Crippen molar-refractivity contribution in [3.05, 3.63) is 0 Å². The predicted octanol–water partition coefficient (Wildman–Crippen LogP) is 0.741. The van der Waals surface area contributed by atoms with Crippen LogP contribution in [-0.4, -0.2) is 79.3 Å². The molecule has 1 saturated carbocycles. The maximum Gasteiger partial charge on any atom is 0.410 e. The van der Waals surface area contributed by atoms with Crippen molar-refractivity contribution in [2.24, 2.45) is 11.8 Å². The molecule has 4 saturated heterocycles. The van der Waals surface area contributed by atoms with Crippen LogP contribution in [0.15, 0.2) is 0 Å². The molecule has 0 radical (unpaired) electrons. The molecule has 30 heavy (non-hydrogen) atoms. The first-order valence-corrected chi connectivity index (χ1v) is 11.8. The Kier molecular flexibility index (Phi) is 5.94. The molecule has 4 aliphatic heterocycles. The minimum Gasteiger partial charge on any atom is -0.443 e. The van der Waals surface area contributed by atoms with Crippen LogP contribution in [0, 0.1) is 11.8 Å². The molecule has 0 bridgehead atoms. The third-order valence-corrected chi connectivity index (χ3v) is 7.78. The number of amides is 1.